The highest BCUT2D eigenvalue weighted by Gasteiger charge is 2.42. The van der Waals surface area contributed by atoms with Gasteiger partial charge < -0.3 is 19.3 Å². The summed E-state index contributed by atoms with van der Waals surface area (Å²) < 4.78 is 11.3. The van der Waals surface area contributed by atoms with E-state index in [9.17, 15) is 0 Å². The zero-order valence-electron chi connectivity index (χ0n) is 33.1. The maximum absolute atomic E-state index is 6.06. The maximum Gasteiger partial charge on any atom is 0.119 e. The van der Waals surface area contributed by atoms with Crippen molar-refractivity contribution in [3.8, 4) is 44.9 Å². The molecule has 0 saturated carbocycles. The van der Waals surface area contributed by atoms with Crippen LogP contribution in [0.15, 0.2) is 109 Å². The minimum absolute atomic E-state index is 0.0195. The van der Waals surface area contributed by atoms with Crippen LogP contribution in [0.25, 0.3) is 33.4 Å². The van der Waals surface area contributed by atoms with Crippen molar-refractivity contribution < 1.29 is 9.47 Å². The largest absolute Gasteiger partial charge is 0.497 e. The lowest BCUT2D eigenvalue weighted by Gasteiger charge is -2.33. The third-order valence-corrected chi connectivity index (χ3v) is 11.4. The van der Waals surface area contributed by atoms with E-state index in [4.69, 9.17) is 9.47 Å². The first-order valence-corrected chi connectivity index (χ1v) is 20.3. The molecule has 0 heterocycles. The van der Waals surface area contributed by atoms with Gasteiger partial charge in [0.15, 0.2) is 0 Å². The van der Waals surface area contributed by atoms with Gasteiger partial charge in [0.2, 0.25) is 0 Å². The molecule has 4 heteroatoms. The number of anilines is 2. The molecule has 0 spiro atoms. The third-order valence-electron chi connectivity index (χ3n) is 11.4. The van der Waals surface area contributed by atoms with Crippen LogP contribution >= 0.6 is 0 Å². The molecule has 5 aromatic rings. The molecule has 0 amide bonds. The second-order valence-corrected chi connectivity index (χ2v) is 14.6. The summed E-state index contributed by atoms with van der Waals surface area (Å²) in [5.41, 5.74) is 13.6. The Bertz CT molecular complexity index is 1890. The Hall–Kier alpha value is -4.70. The number of fused-ring (bicyclic) bond motifs is 3. The molecule has 0 atom stereocenters. The molecule has 6 rings (SSSR count). The molecule has 0 N–H and O–H groups in total. The smallest absolute Gasteiger partial charge is 0.119 e. The van der Waals surface area contributed by atoms with E-state index in [1.807, 2.05) is 24.3 Å². The van der Waals surface area contributed by atoms with Crippen LogP contribution in [0, 0.1) is 0 Å². The van der Waals surface area contributed by atoms with Crippen molar-refractivity contribution in [3.05, 3.63) is 120 Å². The predicted molar refractivity (Wildman–Crippen MR) is 227 cm³/mol. The monoisotopic (exact) mass is 708 g/mol. The van der Waals surface area contributed by atoms with E-state index in [-0.39, 0.29) is 5.41 Å². The number of nitrogens with zero attached hydrogens (tertiary/aromatic N) is 2. The number of likely N-dealkylation sites (N-methyl/N-ethyl adjacent to an activating group) is 1. The fourth-order valence-corrected chi connectivity index (χ4v) is 8.36. The fourth-order valence-electron chi connectivity index (χ4n) is 8.36. The van der Waals surface area contributed by atoms with Crippen LogP contribution in [0.1, 0.15) is 90.7 Å². The van der Waals surface area contributed by atoms with Crippen molar-refractivity contribution in [2.24, 2.45) is 0 Å². The molecule has 5 aromatic carbocycles. The van der Waals surface area contributed by atoms with Crippen LogP contribution < -0.4 is 19.3 Å². The quantitative estimate of drug-likeness (QED) is 0.0852. The molecule has 278 valence electrons. The summed E-state index contributed by atoms with van der Waals surface area (Å²) >= 11 is 0. The number of rotatable bonds is 19. The van der Waals surface area contributed by atoms with Gasteiger partial charge in [-0.2, -0.15) is 0 Å². The molecule has 0 aliphatic heterocycles. The van der Waals surface area contributed by atoms with E-state index >= 15 is 0 Å². The molecular formula is C49H60N2O2. The van der Waals surface area contributed by atoms with E-state index in [1.165, 1.54) is 94.4 Å². The van der Waals surface area contributed by atoms with Gasteiger partial charge in [-0.15, -0.1) is 0 Å². The first kappa shape index (κ1) is 38.0. The normalized spacial score (nSPS) is 12.6. The third kappa shape index (κ3) is 8.28. The van der Waals surface area contributed by atoms with Gasteiger partial charge in [0, 0.05) is 36.4 Å². The van der Waals surface area contributed by atoms with E-state index in [0.717, 1.165) is 44.1 Å². The maximum atomic E-state index is 6.06. The van der Waals surface area contributed by atoms with Crippen molar-refractivity contribution in [2.75, 3.05) is 49.7 Å². The highest BCUT2D eigenvalue weighted by Crippen LogP contribution is 2.55. The number of benzene rings is 5. The van der Waals surface area contributed by atoms with Crippen molar-refractivity contribution in [1.29, 1.82) is 0 Å². The number of unbranched alkanes of at least 4 members (excludes halogenated alkanes) is 2. The zero-order valence-corrected chi connectivity index (χ0v) is 33.1. The van der Waals surface area contributed by atoms with E-state index in [0.29, 0.717) is 6.61 Å². The van der Waals surface area contributed by atoms with Gasteiger partial charge in [0.05, 0.1) is 13.7 Å². The molecule has 0 bridgehead atoms. The Morgan fingerprint density at radius 2 is 0.943 bits per heavy atom. The van der Waals surface area contributed by atoms with Gasteiger partial charge >= 0.3 is 0 Å². The van der Waals surface area contributed by atoms with Gasteiger partial charge in [0.25, 0.3) is 0 Å². The van der Waals surface area contributed by atoms with Crippen LogP contribution in [-0.4, -0.2) is 39.9 Å². The molecule has 53 heavy (non-hydrogen) atoms. The molecule has 1 aliphatic carbocycles. The highest BCUT2D eigenvalue weighted by atomic mass is 16.5. The topological polar surface area (TPSA) is 24.9 Å². The number of ether oxygens (including phenoxy) is 2. The fraction of sp³-hybridized carbons (Fsp3) is 0.388. The number of hydrogen-bond acceptors (Lipinski definition) is 4. The lowest BCUT2D eigenvalue weighted by atomic mass is 9.70. The summed E-state index contributed by atoms with van der Waals surface area (Å²) in [6, 6.07) is 40.8. The first-order chi connectivity index (χ1) is 26.0. The average molecular weight is 709 g/mol. The van der Waals surface area contributed by atoms with Crippen molar-refractivity contribution in [1.82, 2.24) is 0 Å². The van der Waals surface area contributed by atoms with E-state index in [2.05, 4.69) is 129 Å². The highest BCUT2D eigenvalue weighted by molar-refractivity contribution is 5.86. The van der Waals surface area contributed by atoms with Gasteiger partial charge in [-0.05, 0) is 138 Å². The molecular weight excluding hydrogens is 649 g/mol. The summed E-state index contributed by atoms with van der Waals surface area (Å²) in [5.74, 6) is 1.70. The minimum atomic E-state index is 0.0195. The first-order valence-electron chi connectivity index (χ1n) is 20.3. The van der Waals surface area contributed by atoms with Crippen LogP contribution in [0.5, 0.6) is 11.5 Å². The van der Waals surface area contributed by atoms with Crippen LogP contribution in [0.4, 0.5) is 11.4 Å². The molecule has 0 unspecified atom stereocenters. The van der Waals surface area contributed by atoms with Crippen molar-refractivity contribution >= 4 is 11.4 Å². The van der Waals surface area contributed by atoms with Gasteiger partial charge in [-0.3, -0.25) is 0 Å². The Morgan fingerprint density at radius 3 is 1.38 bits per heavy atom. The molecule has 0 fully saturated rings. The predicted octanol–water partition coefficient (Wildman–Crippen LogP) is 12.8. The van der Waals surface area contributed by atoms with Crippen LogP contribution in [-0.2, 0) is 5.41 Å². The van der Waals surface area contributed by atoms with E-state index in [1.54, 1.807) is 7.11 Å². The SMILES string of the molecule is CCCCC1(CCCC)c2cc(-c3ccc(N(CC)CCC)cc3)ccc2-c2ccc(-c3ccc(N(CC)CCOc4ccc(OC)cc4)cc3)cc21. The Balaban J connectivity index is 1.27. The Morgan fingerprint density at radius 1 is 0.491 bits per heavy atom. The van der Waals surface area contributed by atoms with Crippen LogP contribution in [0.2, 0.25) is 0 Å². The molecule has 0 aromatic heterocycles. The minimum Gasteiger partial charge on any atom is -0.497 e. The van der Waals surface area contributed by atoms with Crippen molar-refractivity contribution in [2.45, 2.75) is 85.0 Å². The van der Waals surface area contributed by atoms with Crippen LogP contribution in [0.3, 0.4) is 0 Å². The summed E-state index contributed by atoms with van der Waals surface area (Å²) in [7, 11) is 1.68. The van der Waals surface area contributed by atoms with Crippen molar-refractivity contribution in [3.63, 3.8) is 0 Å². The summed E-state index contributed by atoms with van der Waals surface area (Å²) in [6.45, 7) is 15.9. The summed E-state index contributed by atoms with van der Waals surface area (Å²) in [6.07, 6.45) is 8.36. The summed E-state index contributed by atoms with van der Waals surface area (Å²) in [5, 5.41) is 0. The molecule has 0 saturated heterocycles. The second kappa shape index (κ2) is 17.9. The van der Waals surface area contributed by atoms with Gasteiger partial charge in [-0.25, -0.2) is 0 Å². The lowest BCUT2D eigenvalue weighted by molar-refractivity contribution is 0.323. The average Bonchev–Trinajstić information content (AvgIpc) is 3.48. The number of hydrogen-bond donors (Lipinski definition) is 0. The molecule has 1 aliphatic rings. The van der Waals surface area contributed by atoms with Gasteiger partial charge in [-0.1, -0.05) is 95.0 Å². The second-order valence-electron chi connectivity index (χ2n) is 14.6. The summed E-state index contributed by atoms with van der Waals surface area (Å²) in [4.78, 5) is 4.85. The lowest BCUT2D eigenvalue weighted by Crippen LogP contribution is -2.28. The standard InChI is InChI=1S/C49H60N2O2/c1-7-12-30-49(31-13-8-2)47-35-39(37-14-20-41(21-15-37)50(10-4)32-9-3)18-28-45(47)46-29-19-40(36-48(46)49)38-16-22-42(23-17-38)51(11-5)33-34-53-44-26-24-43(52-6)25-27-44/h14-29,35-36H,7-13,30-34H2,1-6H3. The number of methoxy groups -OCH3 is 1. The molecule has 4 nitrogen and oxygen atoms in total. The zero-order chi connectivity index (χ0) is 37.2. The van der Waals surface area contributed by atoms with E-state index < -0.39 is 0 Å². The Labute approximate surface area is 319 Å². The molecule has 0 radical (unpaired) electrons. The van der Waals surface area contributed by atoms with Gasteiger partial charge in [0.1, 0.15) is 18.1 Å². The Kier molecular flexibility index (Phi) is 12.8.